The van der Waals surface area contributed by atoms with Gasteiger partial charge in [-0.2, -0.15) is 0 Å². The van der Waals surface area contributed by atoms with E-state index in [4.69, 9.17) is 18.9 Å². The molecule has 10 rings (SSSR count). The Bertz CT molecular complexity index is 2920. The third-order valence-electron chi connectivity index (χ3n) is 14.3. The smallest absolute Gasteiger partial charge is 0.269 e. The summed E-state index contributed by atoms with van der Waals surface area (Å²) in [7, 11) is 1.62. The Morgan fingerprint density at radius 3 is 1.96 bits per heavy atom. The molecule has 69 heavy (non-hydrogen) atoms. The molecule has 6 aromatic rings. The summed E-state index contributed by atoms with van der Waals surface area (Å²) in [5.74, 6) is -0.0428. The number of amides is 4. The minimum absolute atomic E-state index is 0.0638. The summed E-state index contributed by atoms with van der Waals surface area (Å²) in [6.45, 7) is 6.38. The molecule has 13 heteroatoms. The molecule has 0 bridgehead atoms. The fourth-order valence-corrected chi connectivity index (χ4v) is 11.0. The van der Waals surface area contributed by atoms with Crippen LogP contribution in [-0.4, -0.2) is 73.2 Å². The van der Waals surface area contributed by atoms with Gasteiger partial charge in [-0.05, 0) is 88.8 Å². The summed E-state index contributed by atoms with van der Waals surface area (Å²) in [5.41, 5.74) is 4.06. The highest BCUT2D eigenvalue weighted by Gasteiger charge is 2.66. The first-order valence-electron chi connectivity index (χ1n) is 23.3. The van der Waals surface area contributed by atoms with E-state index in [9.17, 15) is 19.5 Å². The second-order valence-corrected chi connectivity index (χ2v) is 18.6. The minimum Gasteiger partial charge on any atom is -0.497 e. The Kier molecular flexibility index (Phi) is 12.0. The standard InChI is InChI=1S/C56H54N4O9/c1-36-53(55(2,3)39-20-25-42(66-4)26-21-39)49(31-50(62)57(28-29-61)32-37-12-6-5-7-13-37)69-56(36)43-30-41(60-46-15-9-11-17-48(46)68-35-52(60)64)24-27-44(43)58(54(56)65)33-38-18-22-40(23-19-38)59-45-14-8-10-16-47(45)67-34-51(59)63/h5-27,30,36,49,53,61H,28-29,31-35H2,1-4H3/t36-,49+,53-,56+/m0/s1. The number of nitrogens with zero attached hydrogens (tertiary/aromatic N) is 4. The maximum atomic E-state index is 15.9. The molecule has 4 atom stereocenters. The van der Waals surface area contributed by atoms with E-state index in [0.29, 0.717) is 57.8 Å². The Labute approximate surface area is 401 Å². The fraction of sp³-hybridized carbons (Fsp3) is 0.286. The number of anilines is 5. The predicted molar refractivity (Wildman–Crippen MR) is 261 cm³/mol. The van der Waals surface area contributed by atoms with Crippen LogP contribution in [0.2, 0.25) is 0 Å². The lowest BCUT2D eigenvalue weighted by Gasteiger charge is -2.39. The van der Waals surface area contributed by atoms with Gasteiger partial charge in [-0.3, -0.25) is 29.0 Å². The molecular formula is C56H54N4O9. The molecule has 0 aliphatic carbocycles. The van der Waals surface area contributed by atoms with Crippen molar-refractivity contribution in [1.82, 2.24) is 4.90 Å². The maximum Gasteiger partial charge on any atom is 0.269 e. The highest BCUT2D eigenvalue weighted by Crippen LogP contribution is 2.61. The number of aliphatic hydroxyl groups excluding tert-OH is 1. The first kappa shape index (κ1) is 45.3. The predicted octanol–water partition coefficient (Wildman–Crippen LogP) is 8.59. The van der Waals surface area contributed by atoms with Crippen LogP contribution in [0.1, 0.15) is 49.4 Å². The molecule has 352 valence electrons. The van der Waals surface area contributed by atoms with Crippen molar-refractivity contribution in [3.63, 3.8) is 0 Å². The third kappa shape index (κ3) is 7.94. The fourth-order valence-electron chi connectivity index (χ4n) is 11.0. The van der Waals surface area contributed by atoms with Crippen LogP contribution in [0.3, 0.4) is 0 Å². The van der Waals surface area contributed by atoms with Gasteiger partial charge in [-0.25, -0.2) is 0 Å². The van der Waals surface area contributed by atoms with Crippen LogP contribution in [0.15, 0.2) is 146 Å². The Morgan fingerprint density at radius 2 is 1.33 bits per heavy atom. The number of rotatable bonds is 13. The van der Waals surface area contributed by atoms with Gasteiger partial charge in [-0.15, -0.1) is 0 Å². The van der Waals surface area contributed by atoms with Crippen LogP contribution in [0.4, 0.5) is 28.4 Å². The quantitative estimate of drug-likeness (QED) is 0.121. The van der Waals surface area contributed by atoms with Crippen LogP contribution >= 0.6 is 0 Å². The monoisotopic (exact) mass is 926 g/mol. The van der Waals surface area contributed by atoms with Gasteiger partial charge in [0.2, 0.25) is 5.91 Å². The van der Waals surface area contributed by atoms with E-state index in [1.807, 2.05) is 153 Å². The maximum absolute atomic E-state index is 15.9. The van der Waals surface area contributed by atoms with Crippen molar-refractivity contribution in [3.8, 4) is 17.2 Å². The molecule has 13 nitrogen and oxygen atoms in total. The summed E-state index contributed by atoms with van der Waals surface area (Å²) in [6.07, 6.45) is -0.841. The van der Waals surface area contributed by atoms with E-state index in [2.05, 4.69) is 13.8 Å². The number of benzene rings is 6. The first-order chi connectivity index (χ1) is 33.4. The Morgan fingerprint density at radius 1 is 0.739 bits per heavy atom. The molecule has 0 aromatic heterocycles. The molecular weight excluding hydrogens is 873 g/mol. The highest BCUT2D eigenvalue weighted by atomic mass is 16.5. The molecule has 4 heterocycles. The zero-order valence-corrected chi connectivity index (χ0v) is 39.0. The number of hydrogen-bond acceptors (Lipinski definition) is 9. The average molecular weight is 927 g/mol. The van der Waals surface area contributed by atoms with Crippen molar-refractivity contribution in [3.05, 3.63) is 168 Å². The Balaban J connectivity index is 1.07. The van der Waals surface area contributed by atoms with Crippen LogP contribution in [0.25, 0.3) is 0 Å². The van der Waals surface area contributed by atoms with Gasteiger partial charge in [0.05, 0.1) is 49.8 Å². The van der Waals surface area contributed by atoms with Crippen LogP contribution in [0.5, 0.6) is 17.2 Å². The van der Waals surface area contributed by atoms with E-state index in [0.717, 1.165) is 16.7 Å². The van der Waals surface area contributed by atoms with Gasteiger partial charge in [0.15, 0.2) is 18.8 Å². The van der Waals surface area contributed by atoms with E-state index in [-0.39, 0.29) is 63.0 Å². The highest BCUT2D eigenvalue weighted by molar-refractivity contribution is 6.10. The first-order valence-corrected chi connectivity index (χ1v) is 23.3. The molecule has 4 aliphatic rings. The number of carbonyl (C=O) groups is 4. The Hall–Kier alpha value is -7.48. The van der Waals surface area contributed by atoms with E-state index in [1.54, 1.807) is 26.7 Å². The lowest BCUT2D eigenvalue weighted by molar-refractivity contribution is -0.150. The number of hydrogen-bond donors (Lipinski definition) is 1. The van der Waals surface area contributed by atoms with E-state index >= 15 is 4.79 Å². The van der Waals surface area contributed by atoms with Gasteiger partial charge < -0.3 is 33.9 Å². The van der Waals surface area contributed by atoms with Gasteiger partial charge in [0, 0.05) is 41.9 Å². The molecule has 1 saturated heterocycles. The number of para-hydroxylation sites is 4. The topological polar surface area (TPSA) is 138 Å². The summed E-state index contributed by atoms with van der Waals surface area (Å²) >= 11 is 0. The molecule has 4 amide bonds. The summed E-state index contributed by atoms with van der Waals surface area (Å²) in [6, 6.07) is 45.4. The minimum atomic E-state index is -1.61. The van der Waals surface area contributed by atoms with E-state index in [1.165, 1.54) is 0 Å². The normalized spacial score (nSPS) is 20.6. The molecule has 0 unspecified atom stereocenters. The number of methoxy groups -OCH3 is 1. The average Bonchev–Trinajstić information content (AvgIpc) is 3.79. The number of fused-ring (bicyclic) bond motifs is 4. The SMILES string of the molecule is COc1ccc(C(C)(C)[C@@H]2[C@@H](CC(=O)N(CCO)Cc3ccccc3)O[C@]3(C(=O)N(Cc4ccc(N5C(=O)COc6ccccc65)cc4)c4ccc(N5C(=O)COc6ccccc65)cc43)[C@H]2C)cc1. The summed E-state index contributed by atoms with van der Waals surface area (Å²) < 4.78 is 24.5. The molecule has 1 spiro atoms. The van der Waals surface area contributed by atoms with Gasteiger partial charge in [0.25, 0.3) is 17.7 Å². The lowest BCUT2D eigenvalue weighted by Crippen LogP contribution is -2.46. The van der Waals surface area contributed by atoms with Crippen LogP contribution in [-0.2, 0) is 48.0 Å². The van der Waals surface area contributed by atoms with Crippen molar-refractivity contribution in [1.29, 1.82) is 0 Å². The lowest BCUT2D eigenvalue weighted by atomic mass is 9.63. The van der Waals surface area contributed by atoms with Crippen LogP contribution in [0, 0.1) is 11.8 Å². The van der Waals surface area contributed by atoms with Crippen molar-refractivity contribution >= 4 is 52.1 Å². The number of carbonyl (C=O) groups excluding carboxylic acids is 4. The third-order valence-corrected chi connectivity index (χ3v) is 14.3. The molecule has 0 saturated carbocycles. The van der Waals surface area contributed by atoms with Gasteiger partial charge in [0.1, 0.15) is 17.2 Å². The van der Waals surface area contributed by atoms with Gasteiger partial charge in [-0.1, -0.05) is 99.6 Å². The number of ether oxygens (including phenoxy) is 4. The second-order valence-electron chi connectivity index (χ2n) is 18.6. The molecule has 1 N–H and O–H groups in total. The zero-order chi connectivity index (χ0) is 48.0. The second kappa shape index (κ2) is 18.2. The van der Waals surface area contributed by atoms with Crippen molar-refractivity contribution in [2.45, 2.75) is 57.4 Å². The van der Waals surface area contributed by atoms with Crippen molar-refractivity contribution in [2.75, 3.05) is 48.2 Å². The van der Waals surface area contributed by atoms with Crippen molar-refractivity contribution < 1.29 is 43.2 Å². The molecule has 6 aromatic carbocycles. The molecule has 1 fully saturated rings. The number of aliphatic hydroxyl groups is 1. The summed E-state index contributed by atoms with van der Waals surface area (Å²) in [5, 5.41) is 10.2. The van der Waals surface area contributed by atoms with Gasteiger partial charge >= 0.3 is 0 Å². The largest absolute Gasteiger partial charge is 0.497 e. The molecule has 4 aliphatic heterocycles. The molecule has 0 radical (unpaired) electrons. The van der Waals surface area contributed by atoms with E-state index < -0.39 is 29.0 Å². The summed E-state index contributed by atoms with van der Waals surface area (Å²) in [4.78, 5) is 64.4. The zero-order valence-electron chi connectivity index (χ0n) is 39.0. The van der Waals surface area contributed by atoms with Crippen molar-refractivity contribution in [2.24, 2.45) is 11.8 Å². The van der Waals surface area contributed by atoms with Crippen LogP contribution < -0.4 is 28.9 Å².